The number of hydrogen-bond donors (Lipinski definition) is 2. The van der Waals surface area contributed by atoms with Crippen LogP contribution in [0.4, 0.5) is 0 Å². The van der Waals surface area contributed by atoms with E-state index in [1.165, 1.54) is 41.8 Å². The Morgan fingerprint density at radius 2 is 1.71 bits per heavy atom. The van der Waals surface area contributed by atoms with E-state index in [4.69, 9.17) is 16.3 Å². The van der Waals surface area contributed by atoms with Gasteiger partial charge in [0.25, 0.3) is 5.91 Å². The van der Waals surface area contributed by atoms with Crippen molar-refractivity contribution in [2.75, 3.05) is 0 Å². The second-order valence-electron chi connectivity index (χ2n) is 6.45. The third-order valence-electron chi connectivity index (χ3n) is 4.32. The maximum absolute atomic E-state index is 12.5. The maximum atomic E-state index is 12.5. The van der Waals surface area contributed by atoms with Crippen LogP contribution in [0.5, 0.6) is 11.5 Å². The van der Waals surface area contributed by atoms with Crippen molar-refractivity contribution < 1.29 is 19.4 Å². The first-order valence-corrected chi connectivity index (χ1v) is 10.3. The molecular formula is C23H15ClN2O4S. The van der Waals surface area contributed by atoms with Gasteiger partial charge in [-0.25, -0.2) is 10.2 Å². The minimum atomic E-state index is -0.520. The van der Waals surface area contributed by atoms with Crippen LogP contribution in [0.15, 0.2) is 77.9 Å². The Labute approximate surface area is 186 Å². The molecule has 1 heterocycles. The van der Waals surface area contributed by atoms with Crippen molar-refractivity contribution in [3.63, 3.8) is 0 Å². The molecule has 4 rings (SSSR count). The summed E-state index contributed by atoms with van der Waals surface area (Å²) in [7, 11) is 0. The summed E-state index contributed by atoms with van der Waals surface area (Å²) in [5.41, 5.74) is 3.48. The van der Waals surface area contributed by atoms with Crippen molar-refractivity contribution in [3.05, 3.63) is 93.8 Å². The molecule has 0 saturated heterocycles. The molecule has 0 unspecified atom stereocenters. The number of esters is 1. The summed E-state index contributed by atoms with van der Waals surface area (Å²) in [4.78, 5) is 24.8. The molecule has 6 nitrogen and oxygen atoms in total. The van der Waals surface area contributed by atoms with Gasteiger partial charge >= 0.3 is 5.97 Å². The van der Waals surface area contributed by atoms with Gasteiger partial charge in [0.2, 0.25) is 0 Å². The minimum Gasteiger partial charge on any atom is -0.508 e. The van der Waals surface area contributed by atoms with Crippen molar-refractivity contribution >= 4 is 51.1 Å². The van der Waals surface area contributed by atoms with Crippen LogP contribution in [0, 0.1) is 0 Å². The topological polar surface area (TPSA) is 88.0 Å². The average molecular weight is 451 g/mol. The lowest BCUT2D eigenvalue weighted by Crippen LogP contribution is -2.17. The summed E-state index contributed by atoms with van der Waals surface area (Å²) in [6.07, 6.45) is 1.47. The number of benzene rings is 3. The molecule has 0 atom stereocenters. The number of ether oxygens (including phenoxy) is 1. The minimum absolute atomic E-state index is 0.0791. The fourth-order valence-electron chi connectivity index (χ4n) is 2.76. The zero-order valence-electron chi connectivity index (χ0n) is 15.9. The van der Waals surface area contributed by atoms with Crippen molar-refractivity contribution in [1.82, 2.24) is 5.43 Å². The SMILES string of the molecule is O=C(N/N=C/c1ccc(OC(=O)c2sc3ccccc3c2Cl)cc1)c1ccc(O)cc1. The van der Waals surface area contributed by atoms with E-state index in [1.54, 1.807) is 24.3 Å². The first-order valence-electron chi connectivity index (χ1n) is 9.13. The van der Waals surface area contributed by atoms with E-state index in [0.29, 0.717) is 26.8 Å². The summed E-state index contributed by atoms with van der Waals surface area (Å²) >= 11 is 7.61. The van der Waals surface area contributed by atoms with Crippen LogP contribution in [0.1, 0.15) is 25.6 Å². The molecule has 0 aliphatic carbocycles. The molecule has 0 fully saturated rings. The number of fused-ring (bicyclic) bond motifs is 1. The third-order valence-corrected chi connectivity index (χ3v) is 5.98. The number of nitrogens with one attached hydrogen (secondary N) is 1. The Morgan fingerprint density at radius 3 is 2.42 bits per heavy atom. The Balaban J connectivity index is 1.38. The van der Waals surface area contributed by atoms with Gasteiger partial charge in [-0.2, -0.15) is 5.10 Å². The third kappa shape index (κ3) is 4.74. The number of rotatable bonds is 5. The smallest absolute Gasteiger partial charge is 0.355 e. The van der Waals surface area contributed by atoms with Crippen LogP contribution in [-0.2, 0) is 0 Å². The average Bonchev–Trinajstić information content (AvgIpc) is 3.12. The molecule has 3 aromatic carbocycles. The molecule has 8 heteroatoms. The van der Waals surface area contributed by atoms with Crippen molar-refractivity contribution in [3.8, 4) is 11.5 Å². The lowest BCUT2D eigenvalue weighted by atomic mass is 10.2. The Hall–Kier alpha value is -3.68. The van der Waals surface area contributed by atoms with E-state index < -0.39 is 11.9 Å². The molecule has 0 aliphatic heterocycles. The number of phenolic OH excluding ortho intramolecular Hbond substituents is 1. The molecule has 0 spiro atoms. The van der Waals surface area contributed by atoms with Gasteiger partial charge in [0.1, 0.15) is 16.4 Å². The number of nitrogens with zero attached hydrogens (tertiary/aromatic N) is 1. The quantitative estimate of drug-likeness (QED) is 0.188. The number of halogens is 1. The highest BCUT2D eigenvalue weighted by Crippen LogP contribution is 2.35. The van der Waals surface area contributed by atoms with Crippen LogP contribution < -0.4 is 10.2 Å². The van der Waals surface area contributed by atoms with Crippen LogP contribution >= 0.6 is 22.9 Å². The molecule has 1 amide bonds. The predicted molar refractivity (Wildman–Crippen MR) is 121 cm³/mol. The predicted octanol–water partition coefficient (Wildman–Crippen LogP) is 5.24. The number of carbonyl (C=O) groups is 2. The van der Waals surface area contributed by atoms with Gasteiger partial charge in [0, 0.05) is 15.6 Å². The van der Waals surface area contributed by atoms with Crippen LogP contribution in [0.3, 0.4) is 0 Å². The van der Waals surface area contributed by atoms with Gasteiger partial charge in [-0.05, 0) is 60.2 Å². The number of hydrazone groups is 1. The van der Waals surface area contributed by atoms with E-state index in [-0.39, 0.29) is 5.75 Å². The fraction of sp³-hybridized carbons (Fsp3) is 0. The van der Waals surface area contributed by atoms with Crippen LogP contribution in [0.25, 0.3) is 10.1 Å². The molecule has 0 radical (unpaired) electrons. The molecule has 0 saturated carbocycles. The summed E-state index contributed by atoms with van der Waals surface area (Å²) in [6, 6.07) is 20.0. The largest absolute Gasteiger partial charge is 0.508 e. The van der Waals surface area contributed by atoms with Gasteiger partial charge in [-0.15, -0.1) is 11.3 Å². The van der Waals surface area contributed by atoms with Crippen molar-refractivity contribution in [1.29, 1.82) is 0 Å². The summed E-state index contributed by atoms with van der Waals surface area (Å²) < 4.78 is 6.35. The van der Waals surface area contributed by atoms with Gasteiger partial charge in [-0.1, -0.05) is 29.8 Å². The molecule has 4 aromatic rings. The fourth-order valence-corrected chi connectivity index (χ4v) is 4.15. The van der Waals surface area contributed by atoms with E-state index >= 15 is 0 Å². The number of thiophene rings is 1. The van der Waals surface area contributed by atoms with E-state index in [9.17, 15) is 14.7 Å². The zero-order valence-corrected chi connectivity index (χ0v) is 17.5. The highest BCUT2D eigenvalue weighted by molar-refractivity contribution is 7.21. The van der Waals surface area contributed by atoms with Crippen LogP contribution in [-0.4, -0.2) is 23.2 Å². The van der Waals surface area contributed by atoms with E-state index in [0.717, 1.165) is 10.1 Å². The molecule has 1 aromatic heterocycles. The Morgan fingerprint density at radius 1 is 1.00 bits per heavy atom. The number of carbonyl (C=O) groups excluding carboxylic acids is 2. The lowest BCUT2D eigenvalue weighted by molar-refractivity contribution is 0.0739. The van der Waals surface area contributed by atoms with E-state index in [1.807, 2.05) is 24.3 Å². The number of aromatic hydroxyl groups is 1. The lowest BCUT2D eigenvalue weighted by Gasteiger charge is -2.03. The van der Waals surface area contributed by atoms with Crippen molar-refractivity contribution in [2.24, 2.45) is 5.10 Å². The first kappa shape index (κ1) is 20.6. The number of amides is 1. The number of hydrogen-bond acceptors (Lipinski definition) is 6. The number of phenols is 1. The Bertz CT molecular complexity index is 1280. The second-order valence-corrected chi connectivity index (χ2v) is 7.88. The summed E-state index contributed by atoms with van der Waals surface area (Å²) in [5.74, 6) is -0.477. The van der Waals surface area contributed by atoms with Gasteiger partial charge < -0.3 is 9.84 Å². The molecule has 0 bridgehead atoms. The Kier molecular flexibility index (Phi) is 5.97. The molecule has 31 heavy (non-hydrogen) atoms. The van der Waals surface area contributed by atoms with Gasteiger partial charge in [-0.3, -0.25) is 4.79 Å². The highest BCUT2D eigenvalue weighted by atomic mass is 35.5. The molecule has 0 aliphatic rings. The normalized spacial score (nSPS) is 11.0. The maximum Gasteiger partial charge on any atom is 0.355 e. The molecule has 154 valence electrons. The molecular weight excluding hydrogens is 436 g/mol. The van der Waals surface area contributed by atoms with E-state index in [2.05, 4.69) is 10.5 Å². The first-order chi connectivity index (χ1) is 15.0. The van der Waals surface area contributed by atoms with Gasteiger partial charge in [0.05, 0.1) is 11.2 Å². The monoisotopic (exact) mass is 450 g/mol. The zero-order chi connectivity index (χ0) is 21.8. The summed E-state index contributed by atoms with van der Waals surface area (Å²) in [6.45, 7) is 0. The second kappa shape index (κ2) is 8.99. The van der Waals surface area contributed by atoms with Crippen LogP contribution in [0.2, 0.25) is 5.02 Å². The molecule has 2 N–H and O–H groups in total. The van der Waals surface area contributed by atoms with Gasteiger partial charge in [0.15, 0.2) is 0 Å². The van der Waals surface area contributed by atoms with Crippen molar-refractivity contribution in [2.45, 2.75) is 0 Å². The highest BCUT2D eigenvalue weighted by Gasteiger charge is 2.18. The summed E-state index contributed by atoms with van der Waals surface area (Å²) in [5, 5.41) is 14.4. The standard InChI is InChI=1S/C23H15ClN2O4S/c24-20-18-3-1-2-4-19(18)31-21(20)23(29)30-17-11-5-14(6-12-17)13-25-26-22(28)15-7-9-16(27)10-8-15/h1-13,27H,(H,26,28)/b25-13+.